The van der Waals surface area contributed by atoms with Gasteiger partial charge in [-0.2, -0.15) is 0 Å². The van der Waals surface area contributed by atoms with Crippen LogP contribution >= 0.6 is 15.9 Å². The Kier molecular flexibility index (Phi) is 4.33. The number of benzene rings is 1. The van der Waals surface area contributed by atoms with Gasteiger partial charge in [-0.05, 0) is 41.3 Å². The molecule has 0 aliphatic heterocycles. The zero-order valence-electron chi connectivity index (χ0n) is 10.9. The lowest BCUT2D eigenvalue weighted by Crippen LogP contribution is -2.34. The van der Waals surface area contributed by atoms with Crippen LogP contribution in [0.2, 0.25) is 0 Å². The van der Waals surface area contributed by atoms with E-state index in [0.29, 0.717) is 16.6 Å². The molecule has 0 bridgehead atoms. The van der Waals surface area contributed by atoms with Gasteiger partial charge in [-0.1, -0.05) is 0 Å². The van der Waals surface area contributed by atoms with Crippen molar-refractivity contribution in [2.45, 2.75) is 30.6 Å². The van der Waals surface area contributed by atoms with Gasteiger partial charge in [-0.15, -0.1) is 0 Å². The summed E-state index contributed by atoms with van der Waals surface area (Å²) in [6.07, 6.45) is 3.55. The van der Waals surface area contributed by atoms with Crippen molar-refractivity contribution in [3.63, 3.8) is 0 Å². The summed E-state index contributed by atoms with van der Waals surface area (Å²) in [6, 6.07) is 4.26. The highest BCUT2D eigenvalue weighted by atomic mass is 79.9. The molecule has 8 heteroatoms. The first-order chi connectivity index (χ1) is 9.29. The zero-order chi connectivity index (χ0) is 14.9. The van der Waals surface area contributed by atoms with E-state index in [-0.39, 0.29) is 11.7 Å². The minimum atomic E-state index is -3.09. The predicted octanol–water partition coefficient (Wildman–Crippen LogP) is 2.73. The Balaban J connectivity index is 2.20. The summed E-state index contributed by atoms with van der Waals surface area (Å²) in [6.45, 7) is 0. The fourth-order valence-electron chi connectivity index (χ4n) is 2.54. The van der Waals surface area contributed by atoms with E-state index in [1.165, 1.54) is 18.4 Å². The predicted molar refractivity (Wildman–Crippen MR) is 80.7 cm³/mol. The minimum Gasteiger partial charge on any atom is -0.380 e. The Morgan fingerprint density at radius 3 is 2.65 bits per heavy atom. The third kappa shape index (κ3) is 3.29. The molecule has 20 heavy (non-hydrogen) atoms. The molecule has 0 heterocycles. The van der Waals surface area contributed by atoms with Gasteiger partial charge in [0.15, 0.2) is 9.84 Å². The summed E-state index contributed by atoms with van der Waals surface area (Å²) < 4.78 is 24.0. The van der Waals surface area contributed by atoms with Crippen molar-refractivity contribution in [3.8, 4) is 0 Å². The maximum atomic E-state index is 11.7. The van der Waals surface area contributed by atoms with E-state index < -0.39 is 20.0 Å². The lowest BCUT2D eigenvalue weighted by Gasteiger charge is -2.21. The molecule has 110 valence electrons. The fraction of sp³-hybridized carbons (Fsp3) is 0.500. The Bertz CT molecular complexity index is 632. The lowest BCUT2D eigenvalue weighted by molar-refractivity contribution is -0.384. The minimum absolute atomic E-state index is 0.00601. The quantitative estimate of drug-likeness (QED) is 0.656. The van der Waals surface area contributed by atoms with Crippen LogP contribution in [0, 0.1) is 10.1 Å². The van der Waals surface area contributed by atoms with E-state index in [0.717, 1.165) is 12.8 Å². The summed E-state index contributed by atoms with van der Waals surface area (Å²) in [5, 5.41) is 13.5. The van der Waals surface area contributed by atoms with Crippen molar-refractivity contribution in [2.24, 2.45) is 0 Å². The second kappa shape index (κ2) is 5.69. The molecule has 1 aromatic rings. The summed E-state index contributed by atoms with van der Waals surface area (Å²) in [4.78, 5) is 10.2. The van der Waals surface area contributed by atoms with Gasteiger partial charge in [-0.25, -0.2) is 8.42 Å². The van der Waals surface area contributed by atoms with Crippen LogP contribution in [0.25, 0.3) is 0 Å². The first-order valence-electron chi connectivity index (χ1n) is 6.18. The summed E-state index contributed by atoms with van der Waals surface area (Å²) in [7, 11) is -3.09. The van der Waals surface area contributed by atoms with E-state index >= 15 is 0 Å². The van der Waals surface area contributed by atoms with Gasteiger partial charge < -0.3 is 5.32 Å². The third-order valence-corrected chi connectivity index (χ3v) is 5.83. The van der Waals surface area contributed by atoms with E-state index in [1.807, 2.05) is 0 Å². The third-order valence-electron chi connectivity index (χ3n) is 3.51. The summed E-state index contributed by atoms with van der Waals surface area (Å²) >= 11 is 3.28. The van der Waals surface area contributed by atoms with Gasteiger partial charge in [0, 0.05) is 34.6 Å². The molecule has 0 spiro atoms. The topological polar surface area (TPSA) is 89.3 Å². The highest BCUT2D eigenvalue weighted by Gasteiger charge is 2.34. The van der Waals surface area contributed by atoms with E-state index in [1.54, 1.807) is 6.07 Å². The monoisotopic (exact) mass is 362 g/mol. The number of rotatable bonds is 4. The number of nitro benzene ring substituents is 1. The van der Waals surface area contributed by atoms with Crippen LogP contribution in [0.3, 0.4) is 0 Å². The van der Waals surface area contributed by atoms with Gasteiger partial charge in [0.25, 0.3) is 5.69 Å². The summed E-state index contributed by atoms with van der Waals surface area (Å²) in [5.41, 5.74) is 0.671. The van der Waals surface area contributed by atoms with Crippen LogP contribution in [-0.4, -0.2) is 30.9 Å². The molecule has 2 rings (SSSR count). The van der Waals surface area contributed by atoms with E-state index in [4.69, 9.17) is 0 Å². The van der Waals surface area contributed by atoms with Crippen molar-refractivity contribution >= 4 is 37.1 Å². The number of sulfone groups is 1. The normalized spacial score (nSPS) is 22.7. The molecule has 1 aromatic carbocycles. The molecule has 0 amide bonds. The Labute approximate surface area is 125 Å². The number of halogens is 1. The number of anilines is 1. The second-order valence-electron chi connectivity index (χ2n) is 4.97. The van der Waals surface area contributed by atoms with Crippen molar-refractivity contribution < 1.29 is 13.3 Å². The zero-order valence-corrected chi connectivity index (χ0v) is 13.3. The highest BCUT2D eigenvalue weighted by Crippen LogP contribution is 2.32. The molecule has 1 fully saturated rings. The molecular formula is C12H15BrN2O4S. The van der Waals surface area contributed by atoms with E-state index in [9.17, 15) is 18.5 Å². The molecule has 1 saturated carbocycles. The maximum Gasteiger partial charge on any atom is 0.270 e. The molecule has 0 radical (unpaired) electrons. The van der Waals surface area contributed by atoms with Crippen molar-refractivity contribution in [3.05, 3.63) is 32.8 Å². The largest absolute Gasteiger partial charge is 0.380 e. The van der Waals surface area contributed by atoms with Crippen molar-refractivity contribution in [1.82, 2.24) is 0 Å². The number of nitrogens with one attached hydrogen (secondary N) is 1. The standard InChI is InChI=1S/C12H15BrN2O4S/c1-20(18,19)12-4-2-3-11(12)14-10-6-5-8(15(16)17)7-9(10)13/h5-7,11-12,14H,2-4H2,1H3. The Hall–Kier alpha value is -1.15. The van der Waals surface area contributed by atoms with Gasteiger partial charge in [-0.3, -0.25) is 10.1 Å². The molecule has 0 saturated heterocycles. The van der Waals surface area contributed by atoms with Crippen molar-refractivity contribution in [2.75, 3.05) is 11.6 Å². The number of hydrogen-bond donors (Lipinski definition) is 1. The number of hydrogen-bond acceptors (Lipinski definition) is 5. The average molecular weight is 363 g/mol. The fourth-order valence-corrected chi connectivity index (χ4v) is 4.41. The van der Waals surface area contributed by atoms with Crippen LogP contribution in [0.15, 0.2) is 22.7 Å². The molecule has 1 N–H and O–H groups in total. The van der Waals surface area contributed by atoms with Gasteiger partial charge >= 0.3 is 0 Å². The molecule has 0 aromatic heterocycles. The smallest absolute Gasteiger partial charge is 0.270 e. The summed E-state index contributed by atoms with van der Waals surface area (Å²) in [5.74, 6) is 0. The molecule has 1 aliphatic carbocycles. The number of nitro groups is 1. The van der Waals surface area contributed by atoms with Crippen LogP contribution < -0.4 is 5.32 Å². The first kappa shape index (κ1) is 15.2. The number of non-ortho nitro benzene ring substituents is 1. The van der Waals surface area contributed by atoms with Gasteiger partial charge in [0.2, 0.25) is 0 Å². The molecule has 6 nitrogen and oxygen atoms in total. The van der Waals surface area contributed by atoms with Gasteiger partial charge in [0.1, 0.15) is 0 Å². The van der Waals surface area contributed by atoms with Gasteiger partial charge in [0.05, 0.1) is 10.2 Å². The Morgan fingerprint density at radius 1 is 1.40 bits per heavy atom. The molecule has 2 atom stereocenters. The molecule has 1 aliphatic rings. The van der Waals surface area contributed by atoms with E-state index in [2.05, 4.69) is 21.2 Å². The highest BCUT2D eigenvalue weighted by molar-refractivity contribution is 9.10. The Morgan fingerprint density at radius 2 is 2.10 bits per heavy atom. The first-order valence-corrected chi connectivity index (χ1v) is 8.93. The molecular weight excluding hydrogens is 348 g/mol. The second-order valence-corrected chi connectivity index (χ2v) is 8.09. The van der Waals surface area contributed by atoms with Crippen LogP contribution in [0.1, 0.15) is 19.3 Å². The lowest BCUT2D eigenvalue weighted by atomic mass is 10.2. The number of nitrogens with zero attached hydrogens (tertiary/aromatic N) is 1. The molecule has 2 unspecified atom stereocenters. The van der Waals surface area contributed by atoms with Crippen LogP contribution in [0.5, 0.6) is 0 Å². The average Bonchev–Trinajstić information content (AvgIpc) is 2.79. The van der Waals surface area contributed by atoms with Crippen LogP contribution in [0.4, 0.5) is 11.4 Å². The van der Waals surface area contributed by atoms with Crippen molar-refractivity contribution in [1.29, 1.82) is 0 Å². The maximum absolute atomic E-state index is 11.7. The van der Waals surface area contributed by atoms with Crippen LogP contribution in [-0.2, 0) is 9.84 Å². The SMILES string of the molecule is CS(=O)(=O)C1CCCC1Nc1ccc([N+](=O)[O-])cc1Br.